The third-order valence-electron chi connectivity index (χ3n) is 1.78. The number of hydrogen-bond donors (Lipinski definition) is 0. The van der Waals surface area contributed by atoms with Gasteiger partial charge in [-0.15, -0.1) is 0 Å². The maximum absolute atomic E-state index is 8.83. The van der Waals surface area contributed by atoms with Crippen molar-refractivity contribution in [2.75, 3.05) is 0 Å². The first-order chi connectivity index (χ1) is 6.42. The van der Waals surface area contributed by atoms with Crippen LogP contribution in [-0.2, 0) is 20.1 Å². The van der Waals surface area contributed by atoms with Gasteiger partial charge >= 0.3 is 0 Å². The molecule has 2 rings (SSSR count). The maximum Gasteiger partial charge on any atom is 0.101 e. The summed E-state index contributed by atoms with van der Waals surface area (Å²) in [5.41, 5.74) is 1.45. The summed E-state index contributed by atoms with van der Waals surface area (Å²) in [6.07, 6.45) is 3.50. The Morgan fingerprint density at radius 2 is 2.00 bits per heavy atom. The van der Waals surface area contributed by atoms with Crippen molar-refractivity contribution >= 4 is 0 Å². The molecule has 3 nitrogen and oxygen atoms in total. The van der Waals surface area contributed by atoms with Crippen LogP contribution >= 0.6 is 0 Å². The summed E-state index contributed by atoms with van der Waals surface area (Å²) in [4.78, 5) is 0. The van der Waals surface area contributed by atoms with Gasteiger partial charge in [-0.05, 0) is 18.2 Å². The molecule has 0 unspecified atom stereocenters. The normalized spacial score (nSPS) is 8.79. The van der Waals surface area contributed by atoms with Crippen molar-refractivity contribution in [2.45, 2.75) is 0 Å². The van der Waals surface area contributed by atoms with E-state index in [1.807, 2.05) is 30.5 Å². The smallest absolute Gasteiger partial charge is 0.101 e. The van der Waals surface area contributed by atoms with E-state index in [9.17, 15) is 0 Å². The Labute approximate surface area is 95.3 Å². The summed E-state index contributed by atoms with van der Waals surface area (Å²) in [6, 6.07) is 11.3. The quantitative estimate of drug-likeness (QED) is 0.777. The number of benzene rings is 1. The van der Waals surface area contributed by atoms with Gasteiger partial charge in [0.2, 0.25) is 0 Å². The maximum atomic E-state index is 8.83. The summed E-state index contributed by atoms with van der Waals surface area (Å²) in [5, 5.41) is 12.9. The Kier molecular flexibility index (Phi) is 3.58. The third kappa shape index (κ3) is 1.90. The van der Waals surface area contributed by atoms with Crippen LogP contribution < -0.4 is 0 Å². The molecule has 0 aliphatic heterocycles. The largest absolute Gasteiger partial charge is 0.240 e. The zero-order valence-electron chi connectivity index (χ0n) is 7.22. The van der Waals surface area contributed by atoms with Gasteiger partial charge in [0.15, 0.2) is 0 Å². The molecular formula is C10H7IrN3. The minimum atomic E-state index is 0. The molecule has 0 amide bonds. The molecular weight excluding hydrogens is 354 g/mol. The van der Waals surface area contributed by atoms with Crippen molar-refractivity contribution in [2.24, 2.45) is 0 Å². The minimum Gasteiger partial charge on any atom is -0.240 e. The summed E-state index contributed by atoms with van der Waals surface area (Å²) < 4.78 is 1.68. The Hall–Kier alpha value is -1.43. The fraction of sp³-hybridized carbons (Fsp3) is 0. The molecule has 0 N–H and O–H groups in total. The monoisotopic (exact) mass is 362 g/mol. The van der Waals surface area contributed by atoms with Crippen molar-refractivity contribution in [1.29, 1.82) is 5.26 Å². The number of hydrogen-bond acceptors (Lipinski definition) is 2. The van der Waals surface area contributed by atoms with E-state index in [0.29, 0.717) is 5.56 Å². The number of nitriles is 1. The zero-order valence-corrected chi connectivity index (χ0v) is 9.61. The van der Waals surface area contributed by atoms with E-state index in [1.165, 1.54) is 0 Å². The van der Waals surface area contributed by atoms with E-state index in [-0.39, 0.29) is 20.1 Å². The van der Waals surface area contributed by atoms with Crippen LogP contribution in [0.3, 0.4) is 0 Å². The van der Waals surface area contributed by atoms with Gasteiger partial charge in [0.05, 0.1) is 11.3 Å². The average molecular weight is 361 g/mol. The number of para-hydroxylation sites is 1. The van der Waals surface area contributed by atoms with E-state index in [4.69, 9.17) is 5.26 Å². The second-order valence-corrected chi connectivity index (χ2v) is 2.58. The molecule has 0 bridgehead atoms. The average Bonchev–Trinajstić information content (AvgIpc) is 2.70. The van der Waals surface area contributed by atoms with Crippen molar-refractivity contribution < 1.29 is 20.1 Å². The second kappa shape index (κ2) is 4.71. The Morgan fingerprint density at radius 3 is 2.64 bits per heavy atom. The summed E-state index contributed by atoms with van der Waals surface area (Å²) in [5.74, 6) is 0. The molecule has 1 heterocycles. The van der Waals surface area contributed by atoms with Crippen LogP contribution in [0.15, 0.2) is 42.7 Å². The first-order valence-corrected chi connectivity index (χ1v) is 3.91. The van der Waals surface area contributed by atoms with Gasteiger partial charge in [0.25, 0.3) is 0 Å². The number of aromatic nitrogens is 2. The molecule has 0 aliphatic carbocycles. The SMILES string of the molecule is N#Cc1ccccc1-n1cccn1.[Ir]. The Balaban J connectivity index is 0.000000980. The molecule has 4 heteroatoms. The molecule has 0 spiro atoms. The Morgan fingerprint density at radius 1 is 1.21 bits per heavy atom. The zero-order chi connectivity index (χ0) is 9.10. The molecule has 0 fully saturated rings. The molecule has 14 heavy (non-hydrogen) atoms. The summed E-state index contributed by atoms with van der Waals surface area (Å²) >= 11 is 0. The third-order valence-corrected chi connectivity index (χ3v) is 1.78. The van der Waals surface area contributed by atoms with Crippen LogP contribution in [-0.4, -0.2) is 9.78 Å². The Bertz CT molecular complexity index is 443. The topological polar surface area (TPSA) is 41.6 Å². The van der Waals surface area contributed by atoms with Gasteiger partial charge in [-0.3, -0.25) is 0 Å². The number of nitrogens with zero attached hydrogens (tertiary/aromatic N) is 3. The molecule has 1 radical (unpaired) electrons. The van der Waals surface area contributed by atoms with E-state index in [0.717, 1.165) is 5.69 Å². The van der Waals surface area contributed by atoms with E-state index < -0.39 is 0 Å². The predicted molar refractivity (Wildman–Crippen MR) is 48.3 cm³/mol. The molecule has 0 aliphatic rings. The van der Waals surface area contributed by atoms with Crippen LogP contribution in [0, 0.1) is 11.3 Å². The van der Waals surface area contributed by atoms with Crippen molar-refractivity contribution in [3.63, 3.8) is 0 Å². The predicted octanol–water partition coefficient (Wildman–Crippen LogP) is 1.74. The van der Waals surface area contributed by atoms with Gasteiger partial charge in [-0.25, -0.2) is 4.68 Å². The molecule has 71 valence electrons. The fourth-order valence-electron chi connectivity index (χ4n) is 1.18. The van der Waals surface area contributed by atoms with Crippen LogP contribution in [0.25, 0.3) is 5.69 Å². The first-order valence-electron chi connectivity index (χ1n) is 3.91. The van der Waals surface area contributed by atoms with Crippen molar-refractivity contribution in [1.82, 2.24) is 9.78 Å². The fourth-order valence-corrected chi connectivity index (χ4v) is 1.18. The molecule has 1 aromatic carbocycles. The molecule has 0 saturated heterocycles. The van der Waals surface area contributed by atoms with Gasteiger partial charge in [-0.2, -0.15) is 10.4 Å². The number of rotatable bonds is 1. The molecule has 1 aromatic heterocycles. The van der Waals surface area contributed by atoms with Gasteiger partial charge in [-0.1, -0.05) is 12.1 Å². The van der Waals surface area contributed by atoms with Crippen LogP contribution in [0.1, 0.15) is 5.56 Å². The van der Waals surface area contributed by atoms with E-state index in [1.54, 1.807) is 16.9 Å². The van der Waals surface area contributed by atoms with Crippen molar-refractivity contribution in [3.05, 3.63) is 48.3 Å². The van der Waals surface area contributed by atoms with E-state index in [2.05, 4.69) is 11.2 Å². The first kappa shape index (κ1) is 10.6. The van der Waals surface area contributed by atoms with E-state index >= 15 is 0 Å². The van der Waals surface area contributed by atoms with Gasteiger partial charge in [0.1, 0.15) is 6.07 Å². The molecule has 0 saturated carbocycles. The van der Waals surface area contributed by atoms with Crippen molar-refractivity contribution in [3.8, 4) is 11.8 Å². The molecule has 2 aromatic rings. The standard InChI is InChI=1S/C10H7N3.Ir/c11-8-9-4-1-2-5-10(9)13-7-3-6-12-13;/h1-7H;. The minimum absolute atomic E-state index is 0. The summed E-state index contributed by atoms with van der Waals surface area (Å²) in [6.45, 7) is 0. The van der Waals surface area contributed by atoms with Gasteiger partial charge in [0, 0.05) is 32.5 Å². The van der Waals surface area contributed by atoms with Gasteiger partial charge < -0.3 is 0 Å². The second-order valence-electron chi connectivity index (χ2n) is 2.58. The van der Waals surface area contributed by atoms with Crippen LogP contribution in [0.5, 0.6) is 0 Å². The molecule has 0 atom stereocenters. The van der Waals surface area contributed by atoms with Crippen LogP contribution in [0.2, 0.25) is 0 Å². The van der Waals surface area contributed by atoms with Crippen LogP contribution in [0.4, 0.5) is 0 Å². The summed E-state index contributed by atoms with van der Waals surface area (Å²) in [7, 11) is 0.